The minimum absolute atomic E-state index is 0.0148. The quantitative estimate of drug-likeness (QED) is 0.697. The first-order valence-electron chi connectivity index (χ1n) is 8.39. The SMILES string of the molecule is CCOC(=O)c1c(NC(=O)CCCC(=O)[O-])sc(C)c1-c1ccc(F)cc1. The first-order valence-corrected chi connectivity index (χ1v) is 9.21. The zero-order valence-corrected chi connectivity index (χ0v) is 15.8. The Morgan fingerprint density at radius 3 is 2.44 bits per heavy atom. The molecule has 1 amide bonds. The summed E-state index contributed by atoms with van der Waals surface area (Å²) in [5, 5.41) is 13.4. The number of hydrogen-bond acceptors (Lipinski definition) is 6. The van der Waals surface area contributed by atoms with Crippen molar-refractivity contribution in [2.24, 2.45) is 0 Å². The van der Waals surface area contributed by atoms with Crippen LogP contribution in [0.1, 0.15) is 41.4 Å². The Hall–Kier alpha value is -2.74. The van der Waals surface area contributed by atoms with Gasteiger partial charge in [-0.25, -0.2) is 9.18 Å². The third kappa shape index (κ3) is 5.37. The van der Waals surface area contributed by atoms with Crippen molar-refractivity contribution in [3.8, 4) is 11.1 Å². The van der Waals surface area contributed by atoms with Crippen LogP contribution >= 0.6 is 11.3 Å². The van der Waals surface area contributed by atoms with Crippen molar-refractivity contribution in [2.45, 2.75) is 33.1 Å². The van der Waals surface area contributed by atoms with Gasteiger partial charge in [-0.05, 0) is 44.4 Å². The number of rotatable bonds is 8. The number of nitrogens with one attached hydrogen (secondary N) is 1. The van der Waals surface area contributed by atoms with E-state index in [1.165, 1.54) is 23.5 Å². The summed E-state index contributed by atoms with van der Waals surface area (Å²) in [6.45, 7) is 3.63. The van der Waals surface area contributed by atoms with Crippen molar-refractivity contribution in [2.75, 3.05) is 11.9 Å². The summed E-state index contributed by atoms with van der Waals surface area (Å²) in [4.78, 5) is 35.8. The lowest BCUT2D eigenvalue weighted by Crippen LogP contribution is -2.22. The Morgan fingerprint density at radius 2 is 1.85 bits per heavy atom. The molecule has 2 rings (SSSR count). The van der Waals surface area contributed by atoms with Crippen LogP contribution in [0.5, 0.6) is 0 Å². The predicted molar refractivity (Wildman–Crippen MR) is 97.9 cm³/mol. The standard InChI is InChI=1S/C19H20FNO5S/c1-3-26-19(25)17-16(12-7-9-13(20)10-8-12)11(2)27-18(17)21-14(22)5-4-6-15(23)24/h7-10H,3-6H2,1-2H3,(H,21,22)(H,23,24)/p-1. The highest BCUT2D eigenvalue weighted by Gasteiger charge is 2.25. The number of thiophene rings is 1. The highest BCUT2D eigenvalue weighted by atomic mass is 32.1. The number of carboxylic acids is 1. The Kier molecular flexibility index (Phi) is 7.06. The zero-order chi connectivity index (χ0) is 20.0. The number of anilines is 1. The fourth-order valence-corrected chi connectivity index (χ4v) is 3.66. The molecule has 0 fully saturated rings. The van der Waals surface area contributed by atoms with Crippen LogP contribution in [-0.2, 0) is 14.3 Å². The number of aryl methyl sites for hydroxylation is 1. The molecule has 0 atom stereocenters. The zero-order valence-electron chi connectivity index (χ0n) is 15.0. The molecule has 0 radical (unpaired) electrons. The number of carbonyl (C=O) groups is 3. The van der Waals surface area contributed by atoms with Crippen molar-refractivity contribution < 1.29 is 28.6 Å². The molecule has 0 aliphatic rings. The molecule has 0 aliphatic heterocycles. The molecule has 1 aromatic carbocycles. The van der Waals surface area contributed by atoms with Gasteiger partial charge in [0.05, 0.1) is 6.61 Å². The molecule has 0 saturated heterocycles. The lowest BCUT2D eigenvalue weighted by atomic mass is 10.0. The van der Waals surface area contributed by atoms with Gasteiger partial charge in [-0.15, -0.1) is 11.3 Å². The average molecular weight is 392 g/mol. The minimum Gasteiger partial charge on any atom is -0.550 e. The van der Waals surface area contributed by atoms with Crippen molar-refractivity contribution in [1.29, 1.82) is 0 Å². The van der Waals surface area contributed by atoms with Crippen LogP contribution in [0.2, 0.25) is 0 Å². The van der Waals surface area contributed by atoms with E-state index in [1.807, 2.05) is 0 Å². The van der Waals surface area contributed by atoms with E-state index in [4.69, 9.17) is 4.74 Å². The molecule has 2 aromatic rings. The Bertz CT molecular complexity index is 845. The van der Waals surface area contributed by atoms with Gasteiger partial charge in [0.15, 0.2) is 0 Å². The normalized spacial score (nSPS) is 10.5. The van der Waals surface area contributed by atoms with Gasteiger partial charge < -0.3 is 20.0 Å². The predicted octanol–water partition coefficient (Wildman–Crippen LogP) is 2.90. The van der Waals surface area contributed by atoms with Crippen LogP contribution in [0.4, 0.5) is 9.39 Å². The lowest BCUT2D eigenvalue weighted by Gasteiger charge is -2.09. The lowest BCUT2D eigenvalue weighted by molar-refractivity contribution is -0.305. The summed E-state index contributed by atoms with van der Waals surface area (Å²) < 4.78 is 18.4. The van der Waals surface area contributed by atoms with E-state index >= 15 is 0 Å². The molecule has 0 saturated carbocycles. The molecule has 1 heterocycles. The van der Waals surface area contributed by atoms with E-state index < -0.39 is 23.7 Å². The van der Waals surface area contributed by atoms with Crippen molar-refractivity contribution in [3.05, 3.63) is 40.5 Å². The van der Waals surface area contributed by atoms with Crippen molar-refractivity contribution >= 4 is 34.2 Å². The Morgan fingerprint density at radius 1 is 1.19 bits per heavy atom. The van der Waals surface area contributed by atoms with Crippen LogP contribution in [0.25, 0.3) is 11.1 Å². The second-order valence-electron chi connectivity index (χ2n) is 5.74. The van der Waals surface area contributed by atoms with E-state index in [0.29, 0.717) is 16.1 Å². The monoisotopic (exact) mass is 392 g/mol. The topological polar surface area (TPSA) is 95.5 Å². The molecular weight excluding hydrogens is 373 g/mol. The van der Waals surface area contributed by atoms with E-state index in [-0.39, 0.29) is 31.4 Å². The van der Waals surface area contributed by atoms with Gasteiger partial charge in [-0.2, -0.15) is 0 Å². The molecule has 144 valence electrons. The smallest absolute Gasteiger partial charge is 0.341 e. The second kappa shape index (κ2) is 9.27. The first kappa shape index (κ1) is 20.6. The molecule has 1 N–H and O–H groups in total. The number of aliphatic carboxylic acids is 1. The third-order valence-corrected chi connectivity index (χ3v) is 4.76. The summed E-state index contributed by atoms with van der Waals surface area (Å²) in [5.74, 6) is -2.62. The first-order chi connectivity index (χ1) is 12.8. The second-order valence-corrected chi connectivity index (χ2v) is 6.96. The van der Waals surface area contributed by atoms with Crippen LogP contribution in [-0.4, -0.2) is 24.5 Å². The molecule has 27 heavy (non-hydrogen) atoms. The summed E-state index contributed by atoms with van der Waals surface area (Å²) in [5.41, 5.74) is 1.41. The highest BCUT2D eigenvalue weighted by molar-refractivity contribution is 7.17. The molecule has 6 nitrogen and oxygen atoms in total. The van der Waals surface area contributed by atoms with Gasteiger partial charge in [0, 0.05) is 22.8 Å². The van der Waals surface area contributed by atoms with Crippen molar-refractivity contribution in [3.63, 3.8) is 0 Å². The fourth-order valence-electron chi connectivity index (χ4n) is 2.58. The average Bonchev–Trinajstić information content (AvgIpc) is 2.91. The minimum atomic E-state index is -1.22. The van der Waals surface area contributed by atoms with E-state index in [0.717, 1.165) is 4.88 Å². The van der Waals surface area contributed by atoms with Gasteiger partial charge in [0.1, 0.15) is 16.4 Å². The number of amides is 1. The molecule has 0 aliphatic carbocycles. The number of esters is 1. The maximum absolute atomic E-state index is 13.2. The van der Waals surface area contributed by atoms with E-state index in [2.05, 4.69) is 5.32 Å². The van der Waals surface area contributed by atoms with E-state index in [9.17, 15) is 23.9 Å². The fraction of sp³-hybridized carbons (Fsp3) is 0.316. The summed E-state index contributed by atoms with van der Waals surface area (Å²) in [6.07, 6.45) is -0.0976. The molecule has 8 heteroatoms. The molecule has 1 aromatic heterocycles. The summed E-state index contributed by atoms with van der Waals surface area (Å²) in [6, 6.07) is 5.69. The molecule has 0 spiro atoms. The molecule has 0 bridgehead atoms. The number of hydrogen-bond donors (Lipinski definition) is 1. The maximum Gasteiger partial charge on any atom is 0.341 e. The van der Waals surface area contributed by atoms with Gasteiger partial charge in [-0.3, -0.25) is 4.79 Å². The summed E-state index contributed by atoms with van der Waals surface area (Å²) in [7, 11) is 0. The number of ether oxygens (including phenoxy) is 1. The Balaban J connectivity index is 2.35. The van der Waals surface area contributed by atoms with Crippen LogP contribution in [0.15, 0.2) is 24.3 Å². The van der Waals surface area contributed by atoms with Gasteiger partial charge in [-0.1, -0.05) is 12.1 Å². The van der Waals surface area contributed by atoms with Crippen LogP contribution < -0.4 is 10.4 Å². The number of halogens is 1. The number of carbonyl (C=O) groups excluding carboxylic acids is 3. The van der Waals surface area contributed by atoms with Gasteiger partial charge >= 0.3 is 5.97 Å². The number of benzene rings is 1. The maximum atomic E-state index is 13.2. The third-order valence-electron chi connectivity index (χ3n) is 3.73. The Labute approximate surface area is 160 Å². The van der Waals surface area contributed by atoms with Gasteiger partial charge in [0.25, 0.3) is 0 Å². The summed E-state index contributed by atoms with van der Waals surface area (Å²) >= 11 is 1.21. The largest absolute Gasteiger partial charge is 0.550 e. The van der Waals surface area contributed by atoms with Gasteiger partial charge in [0.2, 0.25) is 5.91 Å². The van der Waals surface area contributed by atoms with Crippen LogP contribution in [0.3, 0.4) is 0 Å². The molecular formula is C19H19FNO5S-. The van der Waals surface area contributed by atoms with Crippen molar-refractivity contribution in [1.82, 2.24) is 0 Å². The highest BCUT2D eigenvalue weighted by Crippen LogP contribution is 2.40. The molecule has 0 unspecified atom stereocenters. The number of carboxylic acid groups (broad SMARTS) is 1. The van der Waals surface area contributed by atoms with Crippen LogP contribution in [0, 0.1) is 12.7 Å². The van der Waals surface area contributed by atoms with E-state index in [1.54, 1.807) is 26.0 Å².